The maximum absolute atomic E-state index is 12.1. The molecule has 3 heterocycles. The first-order chi connectivity index (χ1) is 8.09. The van der Waals surface area contributed by atoms with Gasteiger partial charge in [0.1, 0.15) is 0 Å². The summed E-state index contributed by atoms with van der Waals surface area (Å²) in [6, 6.07) is 0.108. The molecule has 90 valence electrons. The number of nitrogens with zero attached hydrogens (tertiary/aromatic N) is 2. The van der Waals surface area contributed by atoms with Crippen LogP contribution in [0.1, 0.15) is 23.3 Å². The van der Waals surface area contributed by atoms with Crippen molar-refractivity contribution in [2.75, 3.05) is 6.54 Å². The van der Waals surface area contributed by atoms with Crippen LogP contribution in [0.4, 0.5) is 0 Å². The molecule has 0 aliphatic carbocycles. The van der Waals surface area contributed by atoms with E-state index in [2.05, 4.69) is 0 Å². The number of amides is 1. The van der Waals surface area contributed by atoms with Gasteiger partial charge in [-0.2, -0.15) is 0 Å². The van der Waals surface area contributed by atoms with Crippen LogP contribution in [0.5, 0.6) is 11.5 Å². The minimum absolute atomic E-state index is 0.00838. The summed E-state index contributed by atoms with van der Waals surface area (Å²) in [4.78, 5) is 25.2. The molecule has 0 spiro atoms. The first-order valence-corrected chi connectivity index (χ1v) is 5.56. The van der Waals surface area contributed by atoms with Crippen LogP contribution in [0.25, 0.3) is 0 Å². The second-order valence-corrected chi connectivity index (χ2v) is 4.49. The van der Waals surface area contributed by atoms with Crippen LogP contribution in [0.2, 0.25) is 0 Å². The maximum atomic E-state index is 12.1. The molecule has 0 bridgehead atoms. The van der Waals surface area contributed by atoms with Crippen molar-refractivity contribution >= 4 is 5.91 Å². The zero-order valence-electron chi connectivity index (χ0n) is 9.09. The third kappa shape index (κ3) is 1.26. The van der Waals surface area contributed by atoms with Crippen molar-refractivity contribution in [1.82, 2.24) is 9.47 Å². The van der Waals surface area contributed by atoms with E-state index in [9.17, 15) is 19.8 Å². The van der Waals surface area contributed by atoms with Crippen LogP contribution in [-0.2, 0) is 6.54 Å². The average molecular weight is 236 g/mol. The molecule has 1 saturated heterocycles. The second kappa shape index (κ2) is 3.26. The van der Waals surface area contributed by atoms with Gasteiger partial charge in [0.15, 0.2) is 17.2 Å². The summed E-state index contributed by atoms with van der Waals surface area (Å²) in [5, 5.41) is 19.0. The zero-order chi connectivity index (χ0) is 12.2. The third-order valence-electron chi connectivity index (χ3n) is 3.49. The predicted octanol–water partition coefficient (Wildman–Crippen LogP) is -0.122. The molecule has 1 aromatic rings. The lowest BCUT2D eigenvalue weighted by Crippen LogP contribution is -2.45. The number of carbonyl (C=O) groups is 1. The number of carbonyl (C=O) groups excluding carboxylic acids is 1. The minimum Gasteiger partial charge on any atom is -0.503 e. The molecule has 17 heavy (non-hydrogen) atoms. The highest BCUT2D eigenvalue weighted by molar-refractivity contribution is 5.96. The highest BCUT2D eigenvalue weighted by Gasteiger charge is 2.37. The molecule has 2 aliphatic rings. The summed E-state index contributed by atoms with van der Waals surface area (Å²) in [5.74, 6) is -1.50. The molecule has 0 saturated carbocycles. The molecule has 6 heteroatoms. The van der Waals surface area contributed by atoms with E-state index in [1.165, 1.54) is 10.8 Å². The van der Waals surface area contributed by atoms with Crippen molar-refractivity contribution in [3.05, 3.63) is 22.1 Å². The Kier molecular flexibility index (Phi) is 1.95. The second-order valence-electron chi connectivity index (χ2n) is 4.49. The van der Waals surface area contributed by atoms with E-state index in [-0.39, 0.29) is 17.6 Å². The molecule has 6 nitrogen and oxygen atoms in total. The summed E-state index contributed by atoms with van der Waals surface area (Å²) in [5.41, 5.74) is -0.895. The van der Waals surface area contributed by atoms with Gasteiger partial charge in [-0.05, 0) is 12.8 Å². The Balaban J connectivity index is 2.22. The molecule has 2 aliphatic heterocycles. The quantitative estimate of drug-likeness (QED) is 0.657. The fraction of sp³-hybridized carbons (Fsp3) is 0.455. The van der Waals surface area contributed by atoms with Gasteiger partial charge in [0.2, 0.25) is 0 Å². The van der Waals surface area contributed by atoms with Gasteiger partial charge >= 0.3 is 0 Å². The number of aromatic nitrogens is 1. The molecular formula is C11H12N2O4. The summed E-state index contributed by atoms with van der Waals surface area (Å²) >= 11 is 0. The van der Waals surface area contributed by atoms with Crippen molar-refractivity contribution in [2.45, 2.75) is 25.4 Å². The molecule has 2 N–H and O–H groups in total. The number of rotatable bonds is 0. The van der Waals surface area contributed by atoms with Gasteiger partial charge < -0.3 is 19.7 Å². The van der Waals surface area contributed by atoms with Crippen LogP contribution in [0.15, 0.2) is 11.0 Å². The Labute approximate surface area is 96.7 Å². The Bertz CT molecular complexity index is 563. The molecular weight excluding hydrogens is 224 g/mol. The monoisotopic (exact) mass is 236 g/mol. The van der Waals surface area contributed by atoms with Crippen molar-refractivity contribution in [1.29, 1.82) is 0 Å². The van der Waals surface area contributed by atoms with Gasteiger partial charge in [0, 0.05) is 13.1 Å². The number of fused-ring (bicyclic) bond motifs is 2. The van der Waals surface area contributed by atoms with E-state index in [0.29, 0.717) is 13.1 Å². The lowest BCUT2D eigenvalue weighted by Gasteiger charge is -2.32. The normalized spacial score (nSPS) is 22.5. The first kappa shape index (κ1) is 10.2. The van der Waals surface area contributed by atoms with Crippen molar-refractivity contribution in [3.8, 4) is 11.5 Å². The fourth-order valence-electron chi connectivity index (χ4n) is 2.66. The molecule has 1 amide bonds. The van der Waals surface area contributed by atoms with Gasteiger partial charge in [-0.25, -0.2) is 0 Å². The summed E-state index contributed by atoms with van der Waals surface area (Å²) in [7, 11) is 0. The average Bonchev–Trinajstić information content (AvgIpc) is 2.74. The number of hydrogen-bond donors (Lipinski definition) is 2. The Morgan fingerprint density at radius 1 is 1.29 bits per heavy atom. The first-order valence-electron chi connectivity index (χ1n) is 5.56. The van der Waals surface area contributed by atoms with Gasteiger partial charge in [-0.15, -0.1) is 0 Å². The van der Waals surface area contributed by atoms with E-state index in [1.54, 1.807) is 4.90 Å². The zero-order valence-corrected chi connectivity index (χ0v) is 9.09. The predicted molar refractivity (Wildman–Crippen MR) is 58.1 cm³/mol. The fourth-order valence-corrected chi connectivity index (χ4v) is 2.66. The largest absolute Gasteiger partial charge is 0.503 e. The lowest BCUT2D eigenvalue weighted by atomic mass is 10.1. The third-order valence-corrected chi connectivity index (χ3v) is 3.49. The summed E-state index contributed by atoms with van der Waals surface area (Å²) in [6.45, 7) is 1.18. The summed E-state index contributed by atoms with van der Waals surface area (Å²) < 4.78 is 1.47. The highest BCUT2D eigenvalue weighted by atomic mass is 16.3. The van der Waals surface area contributed by atoms with E-state index in [0.717, 1.165) is 12.8 Å². The smallest absolute Gasteiger partial charge is 0.274 e. The Morgan fingerprint density at radius 3 is 2.82 bits per heavy atom. The van der Waals surface area contributed by atoms with Gasteiger partial charge in [-0.1, -0.05) is 0 Å². The van der Waals surface area contributed by atoms with Gasteiger partial charge in [0.25, 0.3) is 11.3 Å². The molecule has 3 rings (SSSR count). The molecule has 0 aromatic carbocycles. The Morgan fingerprint density at radius 2 is 2.06 bits per heavy atom. The minimum atomic E-state index is -0.887. The van der Waals surface area contributed by atoms with E-state index >= 15 is 0 Å². The van der Waals surface area contributed by atoms with Crippen molar-refractivity contribution in [3.63, 3.8) is 0 Å². The number of aromatic hydroxyl groups is 2. The number of hydrogen-bond acceptors (Lipinski definition) is 4. The van der Waals surface area contributed by atoms with E-state index in [4.69, 9.17) is 0 Å². The molecule has 1 fully saturated rings. The Hall–Kier alpha value is -1.98. The van der Waals surface area contributed by atoms with Gasteiger partial charge in [0.05, 0.1) is 12.2 Å². The van der Waals surface area contributed by atoms with Crippen LogP contribution < -0.4 is 5.43 Å². The maximum Gasteiger partial charge on any atom is 0.274 e. The van der Waals surface area contributed by atoms with Crippen LogP contribution in [0, 0.1) is 0 Å². The number of pyridine rings is 1. The van der Waals surface area contributed by atoms with Crippen molar-refractivity contribution < 1.29 is 15.0 Å². The van der Waals surface area contributed by atoms with Crippen LogP contribution in [0.3, 0.4) is 0 Å². The molecule has 1 aromatic heterocycles. The van der Waals surface area contributed by atoms with E-state index in [1.807, 2.05) is 0 Å². The summed E-state index contributed by atoms with van der Waals surface area (Å²) in [6.07, 6.45) is 3.08. The molecule has 0 radical (unpaired) electrons. The van der Waals surface area contributed by atoms with Crippen LogP contribution in [-0.4, -0.2) is 38.2 Å². The standard InChI is InChI=1S/C11H12N2O4/c14-7-5-12-4-6-2-1-3-13(6)11(17)8(12)10(16)9(7)15/h5-6,14,16H,1-4H2/t6-/m0/s1. The topological polar surface area (TPSA) is 82.8 Å². The van der Waals surface area contributed by atoms with Crippen LogP contribution >= 0.6 is 0 Å². The van der Waals surface area contributed by atoms with Crippen molar-refractivity contribution in [2.24, 2.45) is 0 Å². The molecule has 0 unspecified atom stereocenters. The molecule has 1 atom stereocenters. The lowest BCUT2D eigenvalue weighted by molar-refractivity contribution is 0.0660. The SMILES string of the molecule is O=C1c2c(O)c(=O)c(O)cn2C[C@@H]2CCCN12. The van der Waals surface area contributed by atoms with Gasteiger partial charge in [-0.3, -0.25) is 9.59 Å². The van der Waals surface area contributed by atoms with E-state index < -0.39 is 16.9 Å². The highest BCUT2D eigenvalue weighted by Crippen LogP contribution is 2.29.